The van der Waals surface area contributed by atoms with Crippen LogP contribution in [0.3, 0.4) is 0 Å². The molecule has 68 valence electrons. The zero-order chi connectivity index (χ0) is 8.93. The summed E-state index contributed by atoms with van der Waals surface area (Å²) in [7, 11) is 0. The fourth-order valence-electron chi connectivity index (χ4n) is 2.99. The minimum absolute atomic E-state index is 0.457. The molecule has 2 bridgehead atoms. The molecule has 1 N–H and O–H groups in total. The maximum atomic E-state index is 8.76. The van der Waals surface area contributed by atoms with E-state index < -0.39 is 0 Å². The predicted octanol–water partition coefficient (Wildman–Crippen LogP) is 2.52. The summed E-state index contributed by atoms with van der Waals surface area (Å²) >= 11 is 0. The molecule has 0 radical (unpaired) electrons. The van der Waals surface area contributed by atoms with Crippen LogP contribution in [0.5, 0.6) is 0 Å². The van der Waals surface area contributed by atoms with Crippen LogP contribution in [-0.4, -0.2) is 10.9 Å². The summed E-state index contributed by atoms with van der Waals surface area (Å²) in [5.41, 5.74) is 1.51. The molecule has 0 aromatic rings. The van der Waals surface area contributed by atoms with E-state index in [1.807, 2.05) is 0 Å². The highest BCUT2D eigenvalue weighted by Crippen LogP contribution is 2.57. The van der Waals surface area contributed by atoms with Crippen LogP contribution in [0.2, 0.25) is 0 Å². The van der Waals surface area contributed by atoms with Gasteiger partial charge in [-0.3, -0.25) is 0 Å². The average Bonchev–Trinajstić information content (AvgIpc) is 2.52. The predicted molar refractivity (Wildman–Crippen MR) is 48.4 cm³/mol. The molecule has 2 rings (SSSR count). The smallest absolute Gasteiger partial charge is 0.0607 e. The molecule has 2 fully saturated rings. The minimum atomic E-state index is 0.457. The Hall–Kier alpha value is -0.530. The van der Waals surface area contributed by atoms with Gasteiger partial charge in [-0.1, -0.05) is 25.9 Å². The molecule has 2 nitrogen and oxygen atoms in total. The Balaban J connectivity index is 2.29. The number of hydrogen-bond acceptors (Lipinski definition) is 2. The van der Waals surface area contributed by atoms with Gasteiger partial charge in [-0.05, 0) is 30.1 Å². The Bertz CT molecular complexity index is 228. The lowest BCUT2D eigenvalue weighted by Crippen LogP contribution is -2.33. The number of rotatable bonds is 0. The standard InChI is InChI=1S/C10H17NO/c1-6-8-4-7(10(6,2)3)5-9(8)11-12/h6-8,12H,4-5H2,1-3H3. The van der Waals surface area contributed by atoms with Gasteiger partial charge in [0.2, 0.25) is 0 Å². The van der Waals surface area contributed by atoms with Crippen molar-refractivity contribution in [1.29, 1.82) is 0 Å². The molecule has 0 aromatic carbocycles. The van der Waals surface area contributed by atoms with Gasteiger partial charge in [0, 0.05) is 5.92 Å². The normalized spacial score (nSPS) is 47.2. The second-order valence-electron chi connectivity index (χ2n) is 4.94. The van der Waals surface area contributed by atoms with Crippen LogP contribution in [0.25, 0.3) is 0 Å². The van der Waals surface area contributed by atoms with E-state index in [9.17, 15) is 0 Å². The third-order valence-electron chi connectivity index (χ3n) is 4.38. The average molecular weight is 167 g/mol. The maximum absolute atomic E-state index is 8.76. The lowest BCUT2D eigenvalue weighted by Gasteiger charge is -2.36. The highest BCUT2D eigenvalue weighted by Gasteiger charge is 2.53. The van der Waals surface area contributed by atoms with E-state index in [4.69, 9.17) is 5.21 Å². The van der Waals surface area contributed by atoms with Crippen molar-refractivity contribution < 1.29 is 5.21 Å². The Kier molecular flexibility index (Phi) is 1.51. The van der Waals surface area contributed by atoms with E-state index >= 15 is 0 Å². The minimum Gasteiger partial charge on any atom is -0.411 e. The Morgan fingerprint density at radius 2 is 2.17 bits per heavy atom. The van der Waals surface area contributed by atoms with E-state index in [1.54, 1.807) is 0 Å². The highest BCUT2D eigenvalue weighted by atomic mass is 16.4. The van der Waals surface area contributed by atoms with Crippen LogP contribution in [0.15, 0.2) is 5.16 Å². The van der Waals surface area contributed by atoms with Gasteiger partial charge < -0.3 is 5.21 Å². The van der Waals surface area contributed by atoms with E-state index in [1.165, 1.54) is 6.42 Å². The van der Waals surface area contributed by atoms with Gasteiger partial charge in [-0.25, -0.2) is 0 Å². The van der Waals surface area contributed by atoms with E-state index in [0.717, 1.165) is 18.1 Å². The van der Waals surface area contributed by atoms with Crippen LogP contribution >= 0.6 is 0 Å². The van der Waals surface area contributed by atoms with Crippen LogP contribution in [-0.2, 0) is 0 Å². The van der Waals surface area contributed by atoms with Crippen molar-refractivity contribution in [2.75, 3.05) is 0 Å². The monoisotopic (exact) mass is 167 g/mol. The van der Waals surface area contributed by atoms with Crippen molar-refractivity contribution in [3.05, 3.63) is 0 Å². The first-order valence-corrected chi connectivity index (χ1v) is 4.78. The zero-order valence-corrected chi connectivity index (χ0v) is 8.04. The molecule has 2 saturated carbocycles. The van der Waals surface area contributed by atoms with Crippen LogP contribution in [0.4, 0.5) is 0 Å². The molecule has 0 spiro atoms. The molecule has 0 aliphatic heterocycles. The van der Waals surface area contributed by atoms with Crippen molar-refractivity contribution in [2.45, 2.75) is 33.6 Å². The highest BCUT2D eigenvalue weighted by molar-refractivity contribution is 5.90. The van der Waals surface area contributed by atoms with Gasteiger partial charge in [0.1, 0.15) is 0 Å². The topological polar surface area (TPSA) is 32.6 Å². The number of nitrogens with zero attached hydrogens (tertiary/aromatic N) is 1. The fraction of sp³-hybridized carbons (Fsp3) is 0.900. The third kappa shape index (κ3) is 0.782. The van der Waals surface area contributed by atoms with Gasteiger partial charge >= 0.3 is 0 Å². The molecule has 2 aliphatic rings. The van der Waals surface area contributed by atoms with E-state index in [-0.39, 0.29) is 0 Å². The summed E-state index contributed by atoms with van der Waals surface area (Å²) in [5.74, 6) is 2.00. The molecule has 0 amide bonds. The second-order valence-corrected chi connectivity index (χ2v) is 4.94. The molecule has 2 aliphatic carbocycles. The first-order chi connectivity index (χ1) is 5.57. The molecular formula is C10H17NO. The summed E-state index contributed by atoms with van der Waals surface area (Å²) in [6, 6.07) is 0. The Labute approximate surface area is 73.7 Å². The first-order valence-electron chi connectivity index (χ1n) is 4.78. The number of hydrogen-bond donors (Lipinski definition) is 1. The molecular weight excluding hydrogens is 150 g/mol. The van der Waals surface area contributed by atoms with Crippen LogP contribution < -0.4 is 0 Å². The molecule has 0 aromatic heterocycles. The SMILES string of the molecule is CC1C2CC(CC2=NO)C1(C)C. The van der Waals surface area contributed by atoms with Gasteiger partial charge in [-0.2, -0.15) is 0 Å². The first kappa shape index (κ1) is 8.09. The fourth-order valence-corrected chi connectivity index (χ4v) is 2.99. The number of oxime groups is 1. The van der Waals surface area contributed by atoms with Gasteiger partial charge in [0.05, 0.1) is 5.71 Å². The lowest BCUT2D eigenvalue weighted by molar-refractivity contribution is 0.178. The third-order valence-corrected chi connectivity index (χ3v) is 4.38. The number of fused-ring (bicyclic) bond motifs is 2. The largest absolute Gasteiger partial charge is 0.411 e. The summed E-state index contributed by atoms with van der Waals surface area (Å²) < 4.78 is 0. The van der Waals surface area contributed by atoms with Crippen LogP contribution in [0, 0.1) is 23.2 Å². The quantitative estimate of drug-likeness (QED) is 0.436. The maximum Gasteiger partial charge on any atom is 0.0607 e. The van der Waals surface area contributed by atoms with E-state index in [0.29, 0.717) is 17.3 Å². The summed E-state index contributed by atoms with van der Waals surface area (Å²) in [6.07, 6.45) is 2.27. The van der Waals surface area contributed by atoms with Gasteiger partial charge in [0.25, 0.3) is 0 Å². The molecule has 0 heterocycles. The van der Waals surface area contributed by atoms with Gasteiger partial charge in [-0.15, -0.1) is 0 Å². The molecule has 2 heteroatoms. The second kappa shape index (κ2) is 2.24. The van der Waals surface area contributed by atoms with Crippen LogP contribution in [0.1, 0.15) is 33.6 Å². The van der Waals surface area contributed by atoms with Crippen molar-refractivity contribution in [3.8, 4) is 0 Å². The molecule has 3 atom stereocenters. The molecule has 0 saturated heterocycles. The molecule has 12 heavy (non-hydrogen) atoms. The summed E-state index contributed by atoms with van der Waals surface area (Å²) in [6.45, 7) is 6.97. The molecule has 3 unspecified atom stereocenters. The Morgan fingerprint density at radius 1 is 1.50 bits per heavy atom. The van der Waals surface area contributed by atoms with Crippen molar-refractivity contribution in [3.63, 3.8) is 0 Å². The summed E-state index contributed by atoms with van der Waals surface area (Å²) in [4.78, 5) is 0. The summed E-state index contributed by atoms with van der Waals surface area (Å²) in [5, 5.41) is 12.2. The van der Waals surface area contributed by atoms with Gasteiger partial charge in [0.15, 0.2) is 0 Å². The van der Waals surface area contributed by atoms with E-state index in [2.05, 4.69) is 25.9 Å². The van der Waals surface area contributed by atoms with Crippen molar-refractivity contribution in [2.24, 2.45) is 28.3 Å². The Morgan fingerprint density at radius 3 is 2.58 bits per heavy atom. The lowest BCUT2D eigenvalue weighted by atomic mass is 9.69. The zero-order valence-electron chi connectivity index (χ0n) is 8.04. The van der Waals surface area contributed by atoms with Crippen molar-refractivity contribution in [1.82, 2.24) is 0 Å². The van der Waals surface area contributed by atoms with Crippen molar-refractivity contribution >= 4 is 5.71 Å².